The van der Waals surface area contributed by atoms with Gasteiger partial charge in [0.25, 0.3) is 17.2 Å². The number of nitrogens with one attached hydrogen (secondary N) is 2. The van der Waals surface area contributed by atoms with Crippen LogP contribution in [0, 0.1) is 43.3 Å². The number of aromatic carboxylic acids is 1. The lowest BCUT2D eigenvalue weighted by Crippen LogP contribution is -2.49. The molecule has 0 spiro atoms. The Balaban J connectivity index is 1.02. The summed E-state index contributed by atoms with van der Waals surface area (Å²) < 4.78 is 41.1. The van der Waals surface area contributed by atoms with Crippen LogP contribution in [0.15, 0.2) is 64.6 Å². The number of carbonyl (C=O) groups is 6. The van der Waals surface area contributed by atoms with E-state index in [0.717, 1.165) is 23.4 Å². The molecular formula is C60H72FN5O15. The quantitative estimate of drug-likeness (QED) is 0.143. The Morgan fingerprint density at radius 2 is 1.52 bits per heavy atom. The number of rotatable bonds is 8. The van der Waals surface area contributed by atoms with Gasteiger partial charge in [-0.2, -0.15) is 0 Å². The van der Waals surface area contributed by atoms with Crippen LogP contribution < -0.4 is 25.8 Å². The number of pyridine rings is 2. The van der Waals surface area contributed by atoms with Crippen molar-refractivity contribution >= 4 is 46.4 Å². The molecule has 1 saturated carbocycles. The molecule has 2 saturated heterocycles. The lowest BCUT2D eigenvalue weighted by molar-refractivity contribution is -0.160. The highest BCUT2D eigenvalue weighted by atomic mass is 19.1. The Morgan fingerprint density at radius 3 is 2.16 bits per heavy atom. The summed E-state index contributed by atoms with van der Waals surface area (Å²) in [5.41, 5.74) is -0.837. The van der Waals surface area contributed by atoms with Crippen LogP contribution in [0.3, 0.4) is 0 Å². The second-order valence-electron chi connectivity index (χ2n) is 22.9. The molecule has 21 heteroatoms. The number of allylic oxidation sites excluding steroid dienone is 4. The third kappa shape index (κ3) is 10.7. The molecule has 2 aromatic heterocycles. The van der Waals surface area contributed by atoms with Crippen molar-refractivity contribution in [3.8, 4) is 11.5 Å². The molecule has 20 nitrogen and oxygen atoms in total. The molecule has 7 heterocycles. The van der Waals surface area contributed by atoms with Crippen LogP contribution in [-0.2, 0) is 23.8 Å². The maximum atomic E-state index is 16.2. The Kier molecular flexibility index (Phi) is 16.3. The summed E-state index contributed by atoms with van der Waals surface area (Å²) in [4.78, 5) is 101. The van der Waals surface area contributed by atoms with Gasteiger partial charge in [0.05, 0.1) is 58.7 Å². The summed E-state index contributed by atoms with van der Waals surface area (Å²) in [6.45, 7) is 15.4. The number of anilines is 1. The number of aryl methyl sites for hydroxylation is 1. The van der Waals surface area contributed by atoms with Crippen molar-refractivity contribution in [1.29, 1.82) is 0 Å². The lowest BCUT2D eigenvalue weighted by atomic mass is 9.78. The van der Waals surface area contributed by atoms with Gasteiger partial charge in [-0.1, -0.05) is 45.9 Å². The summed E-state index contributed by atoms with van der Waals surface area (Å²) in [5, 5.41) is 51.2. The molecule has 7 aliphatic rings. The number of ketones is 3. The van der Waals surface area contributed by atoms with Gasteiger partial charge in [-0.15, -0.1) is 0 Å². The van der Waals surface area contributed by atoms with Crippen LogP contribution in [0.5, 0.6) is 11.5 Å². The van der Waals surface area contributed by atoms with E-state index in [0.29, 0.717) is 54.7 Å². The second kappa shape index (κ2) is 22.6. The van der Waals surface area contributed by atoms with Crippen LogP contribution in [-0.4, -0.2) is 140 Å². The maximum absolute atomic E-state index is 16.2. The number of aromatic nitrogens is 1. The number of carboxylic acids is 1. The average molecular weight is 1120 g/mol. The van der Waals surface area contributed by atoms with E-state index in [1.165, 1.54) is 59.3 Å². The Labute approximate surface area is 468 Å². The minimum absolute atomic E-state index is 0.0372. The maximum Gasteiger partial charge on any atom is 0.341 e. The first-order valence-electron chi connectivity index (χ1n) is 27.7. The van der Waals surface area contributed by atoms with Gasteiger partial charge in [0, 0.05) is 94.0 Å². The van der Waals surface area contributed by atoms with Crippen LogP contribution in [0.25, 0.3) is 5.52 Å². The molecule has 5 aliphatic heterocycles. The number of hydrogen-bond acceptors (Lipinski definition) is 17. The predicted octanol–water partition coefficient (Wildman–Crippen LogP) is 5.93. The van der Waals surface area contributed by atoms with Crippen molar-refractivity contribution in [2.45, 2.75) is 143 Å². The SMILES string of the molecule is CO[C@H]1/C=C/O[C@@]2(C)Oc3c(C)c(O)c4c(c3C2=O)C(=O)C(N2CCC(NC3CCN(c5c(F)cn6c(=O)c(C(=O)O)cc(C7CC7)c6c5C)C3)CC2)=C(NC(=O)/C(C)=C\C=C\[C@H](C)[C@H](O)[C@@H](C)[C@@H](O)[C@@H](C)[C@H](OC(C)=O)[C@@H]1C)C4=O. The highest BCUT2D eigenvalue weighted by Crippen LogP contribution is 2.50. The molecule has 10 rings (SSSR count). The standard InChI is InChI=1S/C60H72FN5O15/c1-27-12-11-13-28(2)57(74)63-45-48(64-20-16-36(17-21-64)62-37-18-22-65(25-37)47-30(4)46-38(35-14-15-35)24-39(59(76)77)58(75)66(46)26-40(47)61)53(72)42-43(52(45)71)51(70)33(7)55-44(42)56(73)60(9,81-55)79-23-19-41(78-10)29(3)54(80-34(8)67)32(6)50(69)31(5)49(27)68/h11-13,19,23-24,26-27,29,31-32,35-37,41,49-50,54,62,68-70H,14-18,20-22,25H2,1-10H3,(H,63,74)(H,76,77)/b12-11+,23-19+,28-13-/t27-,29+,31+,32+,37?,41-,49-,50+,54+,60-/m0/s1. The number of esters is 1. The fourth-order valence-electron chi connectivity index (χ4n) is 12.6. The van der Waals surface area contributed by atoms with Crippen LogP contribution in [0.2, 0.25) is 0 Å². The van der Waals surface area contributed by atoms with Gasteiger partial charge < -0.3 is 59.8 Å². The Bertz CT molecular complexity index is 3320. The van der Waals surface area contributed by atoms with E-state index >= 15 is 14.0 Å². The fourth-order valence-corrected chi connectivity index (χ4v) is 12.6. The van der Waals surface area contributed by atoms with Gasteiger partial charge in [0.2, 0.25) is 11.6 Å². The molecule has 6 N–H and O–H groups in total. The lowest BCUT2D eigenvalue weighted by Gasteiger charge is -2.38. The first-order chi connectivity index (χ1) is 38.3. The highest BCUT2D eigenvalue weighted by Gasteiger charge is 2.53. The summed E-state index contributed by atoms with van der Waals surface area (Å²) in [7, 11) is 1.42. The van der Waals surface area contributed by atoms with Gasteiger partial charge in [0.15, 0.2) is 5.82 Å². The smallest absolute Gasteiger partial charge is 0.341 e. The topological polar surface area (TPSA) is 272 Å². The van der Waals surface area contributed by atoms with Gasteiger partial charge in [-0.25, -0.2) is 9.18 Å². The zero-order valence-electron chi connectivity index (χ0n) is 47.3. The number of likely N-dealkylation sites (tertiary alicyclic amines) is 1. The number of halogens is 1. The number of piperidine rings is 1. The number of phenols is 1. The van der Waals surface area contributed by atoms with Gasteiger partial charge >= 0.3 is 17.7 Å². The summed E-state index contributed by atoms with van der Waals surface area (Å²) in [5.74, 6) is -11.6. The number of aliphatic hydroxyl groups excluding tert-OH is 2. The van der Waals surface area contributed by atoms with Gasteiger partial charge in [-0.05, 0) is 82.1 Å². The zero-order valence-corrected chi connectivity index (χ0v) is 47.3. The fraction of sp³-hybridized carbons (Fsp3) is 0.517. The normalized spacial score (nSPS) is 30.2. The van der Waals surface area contributed by atoms with E-state index in [9.17, 15) is 44.4 Å². The number of carboxylic acid groups (broad SMARTS) is 1. The summed E-state index contributed by atoms with van der Waals surface area (Å²) in [6, 6.07) is 1.21. The summed E-state index contributed by atoms with van der Waals surface area (Å²) in [6.07, 6.45) is 7.49. The molecule has 3 fully saturated rings. The number of amides is 1. The van der Waals surface area contributed by atoms with Crippen LogP contribution in [0.1, 0.15) is 145 Å². The molecular weight excluding hydrogens is 1050 g/mol. The van der Waals surface area contributed by atoms with Crippen molar-refractivity contribution in [1.82, 2.24) is 19.9 Å². The number of hydrogen-bond donors (Lipinski definition) is 6. The van der Waals surface area contributed by atoms with E-state index in [-0.39, 0.29) is 59.2 Å². The first kappa shape index (κ1) is 58.5. The zero-order chi connectivity index (χ0) is 58.8. The monoisotopic (exact) mass is 1120 g/mol. The number of Topliss-reactive ketones (excluding diaryl/α,β-unsaturated/α-hetero) is 3. The Morgan fingerprint density at radius 1 is 0.852 bits per heavy atom. The van der Waals surface area contributed by atoms with E-state index in [4.69, 9.17) is 18.9 Å². The minimum Gasteiger partial charge on any atom is -0.507 e. The summed E-state index contributed by atoms with van der Waals surface area (Å²) >= 11 is 0. The molecule has 81 heavy (non-hydrogen) atoms. The molecule has 1 aromatic carbocycles. The van der Waals surface area contributed by atoms with Gasteiger partial charge in [0.1, 0.15) is 34.6 Å². The van der Waals surface area contributed by atoms with Gasteiger partial charge in [-0.3, -0.25) is 33.2 Å². The predicted molar refractivity (Wildman–Crippen MR) is 294 cm³/mol. The minimum atomic E-state index is -2.15. The number of nitrogens with zero attached hydrogens (tertiary/aromatic N) is 3. The largest absolute Gasteiger partial charge is 0.507 e. The number of methoxy groups -OCH3 is 1. The van der Waals surface area contributed by atoms with Crippen molar-refractivity contribution in [3.63, 3.8) is 0 Å². The molecule has 10 atom stereocenters. The molecule has 2 aliphatic carbocycles. The second-order valence-corrected chi connectivity index (χ2v) is 22.9. The van der Waals surface area contributed by atoms with Crippen molar-refractivity contribution in [2.24, 2.45) is 23.7 Å². The Hall–Kier alpha value is -7.20. The number of fused-ring (bicyclic) bond motifs is 15. The molecule has 0 radical (unpaired) electrons. The van der Waals surface area contributed by atoms with Crippen molar-refractivity contribution < 1.29 is 72.5 Å². The van der Waals surface area contributed by atoms with E-state index < -0.39 is 129 Å². The number of ether oxygens (including phenoxy) is 4. The first-order valence-corrected chi connectivity index (χ1v) is 27.7. The number of carbonyl (C=O) groups excluding carboxylic acids is 5. The molecule has 434 valence electrons. The number of phenolic OH excluding ortho intramolecular Hbond substituents is 1. The third-order valence-corrected chi connectivity index (χ3v) is 17.4. The van der Waals surface area contributed by atoms with Crippen LogP contribution in [0.4, 0.5) is 10.1 Å². The molecule has 5 bridgehead atoms. The van der Waals surface area contributed by atoms with Crippen LogP contribution >= 0.6 is 0 Å². The average Bonchev–Trinajstić information content (AvgIpc) is 2.63. The van der Waals surface area contributed by atoms with E-state index in [2.05, 4.69) is 10.6 Å². The third-order valence-electron chi connectivity index (χ3n) is 17.4. The number of aromatic hydroxyl groups is 1. The number of benzene rings is 1. The van der Waals surface area contributed by atoms with Crippen molar-refractivity contribution in [2.75, 3.05) is 38.2 Å². The molecule has 1 unspecified atom stereocenters. The van der Waals surface area contributed by atoms with E-state index in [1.54, 1.807) is 51.7 Å². The highest BCUT2D eigenvalue weighted by molar-refractivity contribution is 6.32. The molecule has 1 amide bonds. The van der Waals surface area contributed by atoms with Crippen molar-refractivity contribution in [3.05, 3.63) is 115 Å². The van der Waals surface area contributed by atoms with E-state index in [1.807, 2.05) is 4.90 Å². The molecule has 3 aromatic rings. The number of aliphatic hydroxyl groups is 2.